The van der Waals surface area contributed by atoms with Crippen LogP contribution in [0.25, 0.3) is 0 Å². The van der Waals surface area contributed by atoms with Gasteiger partial charge in [-0.15, -0.1) is 0 Å². The Labute approximate surface area is 107 Å². The summed E-state index contributed by atoms with van der Waals surface area (Å²) in [4.78, 5) is 11.9. The van der Waals surface area contributed by atoms with Gasteiger partial charge in [0.25, 0.3) is 5.91 Å². The standard InChI is InChI=1S/C14H18N2O2/c1-10(2)8-11-9-14(17)16(15-11)12-4-6-13(18-3)7-5-12/h4-7,10H,8-9H2,1-3H3. The number of anilines is 1. The summed E-state index contributed by atoms with van der Waals surface area (Å²) in [6.07, 6.45) is 1.31. The third-order valence-electron chi connectivity index (χ3n) is 2.79. The van der Waals surface area contributed by atoms with Crippen LogP contribution in [0.1, 0.15) is 26.7 Å². The molecule has 1 amide bonds. The molecule has 4 nitrogen and oxygen atoms in total. The zero-order chi connectivity index (χ0) is 13.1. The van der Waals surface area contributed by atoms with Gasteiger partial charge < -0.3 is 4.74 Å². The first kappa shape index (κ1) is 12.6. The summed E-state index contributed by atoms with van der Waals surface area (Å²) < 4.78 is 5.09. The second kappa shape index (κ2) is 5.21. The van der Waals surface area contributed by atoms with E-state index in [-0.39, 0.29) is 5.91 Å². The molecular weight excluding hydrogens is 228 g/mol. The van der Waals surface area contributed by atoms with Gasteiger partial charge in [0.2, 0.25) is 0 Å². The molecule has 0 unspecified atom stereocenters. The van der Waals surface area contributed by atoms with Crippen molar-refractivity contribution in [2.24, 2.45) is 11.0 Å². The summed E-state index contributed by atoms with van der Waals surface area (Å²) in [5, 5.41) is 5.88. The minimum Gasteiger partial charge on any atom is -0.497 e. The van der Waals surface area contributed by atoms with Gasteiger partial charge in [-0.25, -0.2) is 5.01 Å². The van der Waals surface area contributed by atoms with E-state index in [4.69, 9.17) is 4.74 Å². The van der Waals surface area contributed by atoms with Crippen molar-refractivity contribution in [3.63, 3.8) is 0 Å². The molecule has 0 saturated carbocycles. The van der Waals surface area contributed by atoms with E-state index in [9.17, 15) is 4.79 Å². The van der Waals surface area contributed by atoms with Crippen LogP contribution in [-0.4, -0.2) is 18.7 Å². The van der Waals surface area contributed by atoms with Crippen molar-refractivity contribution in [2.75, 3.05) is 12.1 Å². The molecule has 1 aromatic carbocycles. The number of methoxy groups -OCH3 is 1. The maximum absolute atomic E-state index is 11.9. The van der Waals surface area contributed by atoms with Crippen LogP contribution in [0.2, 0.25) is 0 Å². The van der Waals surface area contributed by atoms with Crippen LogP contribution >= 0.6 is 0 Å². The smallest absolute Gasteiger partial charge is 0.253 e. The summed E-state index contributed by atoms with van der Waals surface area (Å²) >= 11 is 0. The van der Waals surface area contributed by atoms with Gasteiger partial charge in [-0.05, 0) is 36.6 Å². The predicted molar refractivity (Wildman–Crippen MR) is 72.0 cm³/mol. The lowest BCUT2D eigenvalue weighted by molar-refractivity contribution is -0.116. The molecule has 1 aliphatic heterocycles. The third-order valence-corrected chi connectivity index (χ3v) is 2.79. The molecule has 1 aromatic rings. The van der Waals surface area contributed by atoms with E-state index >= 15 is 0 Å². The average molecular weight is 246 g/mol. The van der Waals surface area contributed by atoms with Crippen LogP contribution < -0.4 is 9.75 Å². The summed E-state index contributed by atoms with van der Waals surface area (Å²) in [6, 6.07) is 7.36. The Hall–Kier alpha value is -1.84. The second-order valence-corrected chi connectivity index (χ2v) is 4.84. The van der Waals surface area contributed by atoms with Gasteiger partial charge in [0.15, 0.2) is 0 Å². The molecule has 0 spiro atoms. The molecule has 96 valence electrons. The molecule has 0 aromatic heterocycles. The molecular formula is C14H18N2O2. The topological polar surface area (TPSA) is 41.9 Å². The maximum atomic E-state index is 11.9. The van der Waals surface area contributed by atoms with E-state index in [0.29, 0.717) is 12.3 Å². The number of carbonyl (C=O) groups is 1. The van der Waals surface area contributed by atoms with Crippen molar-refractivity contribution in [1.82, 2.24) is 0 Å². The van der Waals surface area contributed by atoms with Gasteiger partial charge in [-0.2, -0.15) is 5.10 Å². The minimum absolute atomic E-state index is 0.0378. The van der Waals surface area contributed by atoms with Crippen LogP contribution in [0.15, 0.2) is 29.4 Å². The van der Waals surface area contributed by atoms with Gasteiger partial charge in [-0.3, -0.25) is 4.79 Å². The van der Waals surface area contributed by atoms with Gasteiger partial charge in [-0.1, -0.05) is 13.8 Å². The Balaban J connectivity index is 2.16. The van der Waals surface area contributed by atoms with Crippen molar-refractivity contribution in [1.29, 1.82) is 0 Å². The van der Waals surface area contributed by atoms with Crippen molar-refractivity contribution >= 4 is 17.3 Å². The van der Waals surface area contributed by atoms with Gasteiger partial charge in [0, 0.05) is 5.71 Å². The third kappa shape index (κ3) is 2.70. The van der Waals surface area contributed by atoms with Crippen molar-refractivity contribution in [3.8, 4) is 5.75 Å². The lowest BCUT2D eigenvalue weighted by Gasteiger charge is -2.11. The van der Waals surface area contributed by atoms with Crippen molar-refractivity contribution in [2.45, 2.75) is 26.7 Å². The maximum Gasteiger partial charge on any atom is 0.253 e. The largest absolute Gasteiger partial charge is 0.497 e. The van der Waals surface area contributed by atoms with E-state index in [0.717, 1.165) is 23.6 Å². The normalized spacial score (nSPS) is 15.2. The Kier molecular flexibility index (Phi) is 3.65. The van der Waals surface area contributed by atoms with E-state index < -0.39 is 0 Å². The Morgan fingerprint density at radius 2 is 2.00 bits per heavy atom. The molecule has 0 radical (unpaired) electrons. The van der Waals surface area contributed by atoms with Crippen LogP contribution in [0.5, 0.6) is 5.75 Å². The van der Waals surface area contributed by atoms with Crippen LogP contribution in [0.3, 0.4) is 0 Å². The Bertz CT molecular complexity index is 463. The lowest BCUT2D eigenvalue weighted by Crippen LogP contribution is -2.19. The number of amides is 1. The number of rotatable bonds is 4. The predicted octanol–water partition coefficient (Wildman–Crippen LogP) is 2.83. The zero-order valence-corrected chi connectivity index (χ0v) is 11.0. The fourth-order valence-electron chi connectivity index (χ4n) is 1.99. The molecule has 2 rings (SSSR count). The number of nitrogens with zero attached hydrogens (tertiary/aromatic N) is 2. The first-order chi connectivity index (χ1) is 8.60. The first-order valence-electron chi connectivity index (χ1n) is 6.13. The number of hydrogen-bond acceptors (Lipinski definition) is 3. The van der Waals surface area contributed by atoms with Gasteiger partial charge in [0.1, 0.15) is 5.75 Å². The number of ether oxygens (including phenoxy) is 1. The highest BCUT2D eigenvalue weighted by Crippen LogP contribution is 2.24. The molecule has 0 aliphatic carbocycles. The summed E-state index contributed by atoms with van der Waals surface area (Å²) in [5.74, 6) is 1.33. The fourth-order valence-corrected chi connectivity index (χ4v) is 1.99. The zero-order valence-electron chi connectivity index (χ0n) is 11.0. The summed E-state index contributed by atoms with van der Waals surface area (Å²) in [7, 11) is 1.62. The number of hydrazone groups is 1. The molecule has 0 bridgehead atoms. The molecule has 1 heterocycles. The van der Waals surface area contributed by atoms with E-state index in [1.54, 1.807) is 7.11 Å². The molecule has 0 N–H and O–H groups in total. The highest BCUT2D eigenvalue weighted by atomic mass is 16.5. The Morgan fingerprint density at radius 1 is 1.33 bits per heavy atom. The first-order valence-corrected chi connectivity index (χ1v) is 6.13. The molecule has 18 heavy (non-hydrogen) atoms. The van der Waals surface area contributed by atoms with Crippen molar-refractivity contribution < 1.29 is 9.53 Å². The monoisotopic (exact) mass is 246 g/mol. The fraction of sp³-hybridized carbons (Fsp3) is 0.429. The van der Waals surface area contributed by atoms with Gasteiger partial charge in [0.05, 0.1) is 19.2 Å². The summed E-state index contributed by atoms with van der Waals surface area (Å²) in [5.41, 5.74) is 1.75. The molecule has 1 aliphatic rings. The van der Waals surface area contributed by atoms with Gasteiger partial charge >= 0.3 is 0 Å². The van der Waals surface area contributed by atoms with Crippen LogP contribution in [0.4, 0.5) is 5.69 Å². The molecule has 4 heteroatoms. The lowest BCUT2D eigenvalue weighted by atomic mass is 10.1. The minimum atomic E-state index is 0.0378. The van der Waals surface area contributed by atoms with Crippen LogP contribution in [-0.2, 0) is 4.79 Å². The number of carbonyl (C=O) groups excluding carboxylic acids is 1. The van der Waals surface area contributed by atoms with Crippen molar-refractivity contribution in [3.05, 3.63) is 24.3 Å². The Morgan fingerprint density at radius 3 is 2.56 bits per heavy atom. The molecule has 0 atom stereocenters. The quantitative estimate of drug-likeness (QED) is 0.819. The van der Waals surface area contributed by atoms with E-state index in [2.05, 4.69) is 18.9 Å². The number of hydrogen-bond donors (Lipinski definition) is 0. The van der Waals surface area contributed by atoms with E-state index in [1.165, 1.54) is 5.01 Å². The number of benzene rings is 1. The summed E-state index contributed by atoms with van der Waals surface area (Å²) in [6.45, 7) is 4.26. The van der Waals surface area contributed by atoms with Crippen LogP contribution in [0, 0.1) is 5.92 Å². The van der Waals surface area contributed by atoms with E-state index in [1.807, 2.05) is 24.3 Å². The molecule has 0 fully saturated rings. The average Bonchev–Trinajstić information content (AvgIpc) is 2.69. The second-order valence-electron chi connectivity index (χ2n) is 4.84. The highest BCUT2D eigenvalue weighted by Gasteiger charge is 2.25. The highest BCUT2D eigenvalue weighted by molar-refractivity contribution is 6.13. The SMILES string of the molecule is COc1ccc(N2N=C(CC(C)C)CC2=O)cc1. The molecule has 0 saturated heterocycles.